The van der Waals surface area contributed by atoms with E-state index in [0.29, 0.717) is 17.3 Å². The van der Waals surface area contributed by atoms with Crippen molar-refractivity contribution in [1.82, 2.24) is 14.8 Å². The van der Waals surface area contributed by atoms with Crippen LogP contribution in [0.15, 0.2) is 36.3 Å². The zero-order valence-corrected chi connectivity index (χ0v) is 11.0. The van der Waals surface area contributed by atoms with Crippen molar-refractivity contribution in [2.75, 3.05) is 12.4 Å². The van der Waals surface area contributed by atoms with Crippen LogP contribution in [0.1, 0.15) is 11.6 Å². The largest absolute Gasteiger partial charge is 0.504 e. The summed E-state index contributed by atoms with van der Waals surface area (Å²) in [5.74, 6) is -0.578. The minimum absolute atomic E-state index is 0.0253. The van der Waals surface area contributed by atoms with E-state index in [-0.39, 0.29) is 11.4 Å². The van der Waals surface area contributed by atoms with E-state index in [1.54, 1.807) is 18.2 Å². The molecule has 1 aliphatic rings. The van der Waals surface area contributed by atoms with Gasteiger partial charge in [-0.25, -0.2) is 9.48 Å². The smallest absolute Gasteiger partial charge is 0.352 e. The number of ether oxygens (including phenoxy) is 1. The minimum atomic E-state index is -1.11. The van der Waals surface area contributed by atoms with Crippen LogP contribution in [0.5, 0.6) is 11.5 Å². The van der Waals surface area contributed by atoms with E-state index < -0.39 is 12.0 Å². The lowest BCUT2D eigenvalue weighted by Gasteiger charge is -2.23. The van der Waals surface area contributed by atoms with Crippen LogP contribution in [-0.4, -0.2) is 38.1 Å². The number of para-hydroxylation sites is 1. The molecule has 108 valence electrons. The van der Waals surface area contributed by atoms with E-state index in [1.807, 2.05) is 0 Å². The van der Waals surface area contributed by atoms with E-state index in [9.17, 15) is 9.90 Å². The molecule has 0 unspecified atom stereocenters. The predicted octanol–water partition coefficient (Wildman–Crippen LogP) is 0.976. The molecule has 0 saturated heterocycles. The molecule has 0 aliphatic carbocycles. The standard InChI is InChI=1S/C13H12N4O4/c1-21-10-4-2-3-7(11(10)18)9-5-8(12(19)20)16-13-14-6-15-17(9)13/h2-6,9,18H,1H3,(H,19,20)(H,14,15,16)/t9-/m0/s1. The number of methoxy groups -OCH3 is 1. The molecule has 0 radical (unpaired) electrons. The summed E-state index contributed by atoms with van der Waals surface area (Å²) in [5.41, 5.74) is 0.448. The molecule has 2 aromatic rings. The highest BCUT2D eigenvalue weighted by atomic mass is 16.5. The first-order valence-electron chi connectivity index (χ1n) is 6.09. The molecule has 1 atom stereocenters. The fourth-order valence-electron chi connectivity index (χ4n) is 2.22. The van der Waals surface area contributed by atoms with Gasteiger partial charge in [0.25, 0.3) is 0 Å². The number of aromatic nitrogens is 3. The first kappa shape index (κ1) is 13.0. The minimum Gasteiger partial charge on any atom is -0.504 e. The molecule has 0 saturated carbocycles. The van der Waals surface area contributed by atoms with Crippen LogP contribution in [0.3, 0.4) is 0 Å². The van der Waals surface area contributed by atoms with Crippen molar-refractivity contribution in [2.45, 2.75) is 6.04 Å². The van der Waals surface area contributed by atoms with E-state index in [1.165, 1.54) is 24.2 Å². The third kappa shape index (κ3) is 2.06. The predicted molar refractivity (Wildman–Crippen MR) is 72.2 cm³/mol. The second kappa shape index (κ2) is 4.82. The number of fused-ring (bicyclic) bond motifs is 1. The molecule has 21 heavy (non-hydrogen) atoms. The Morgan fingerprint density at radius 3 is 3.00 bits per heavy atom. The molecular weight excluding hydrogens is 276 g/mol. The van der Waals surface area contributed by atoms with Gasteiger partial charge in [0.15, 0.2) is 11.5 Å². The number of hydrogen-bond acceptors (Lipinski definition) is 6. The third-order valence-corrected chi connectivity index (χ3v) is 3.21. The van der Waals surface area contributed by atoms with Crippen LogP contribution in [0.25, 0.3) is 0 Å². The average Bonchev–Trinajstić information content (AvgIpc) is 2.95. The van der Waals surface area contributed by atoms with Crippen molar-refractivity contribution in [2.24, 2.45) is 0 Å². The van der Waals surface area contributed by atoms with Crippen molar-refractivity contribution in [1.29, 1.82) is 0 Å². The number of carboxylic acids is 1. The summed E-state index contributed by atoms with van der Waals surface area (Å²) < 4.78 is 6.56. The van der Waals surface area contributed by atoms with Crippen LogP contribution in [0, 0.1) is 0 Å². The van der Waals surface area contributed by atoms with Gasteiger partial charge in [0, 0.05) is 5.56 Å². The number of carbonyl (C=O) groups is 1. The van der Waals surface area contributed by atoms with E-state index in [0.717, 1.165) is 0 Å². The molecule has 3 rings (SSSR count). The Morgan fingerprint density at radius 2 is 2.29 bits per heavy atom. The Labute approximate surface area is 119 Å². The van der Waals surface area contributed by atoms with E-state index >= 15 is 0 Å². The molecule has 8 heteroatoms. The molecule has 3 N–H and O–H groups in total. The van der Waals surface area contributed by atoms with Gasteiger partial charge in [-0.2, -0.15) is 10.1 Å². The van der Waals surface area contributed by atoms with Gasteiger partial charge < -0.3 is 20.3 Å². The number of carboxylic acid groups (broad SMARTS) is 1. The Balaban J connectivity index is 2.15. The number of aliphatic carboxylic acids is 1. The summed E-state index contributed by atoms with van der Waals surface area (Å²) in [6.07, 6.45) is 2.77. The second-order valence-electron chi connectivity index (χ2n) is 4.38. The van der Waals surface area contributed by atoms with E-state index in [4.69, 9.17) is 9.84 Å². The average molecular weight is 288 g/mol. The number of phenolic OH excluding ortho intramolecular Hbond substituents is 1. The number of anilines is 1. The van der Waals surface area contributed by atoms with Crippen LogP contribution < -0.4 is 10.1 Å². The van der Waals surface area contributed by atoms with Crippen LogP contribution in [0.2, 0.25) is 0 Å². The summed E-state index contributed by atoms with van der Waals surface area (Å²) in [6, 6.07) is 4.41. The highest BCUT2D eigenvalue weighted by Gasteiger charge is 2.28. The number of phenols is 1. The number of rotatable bonds is 3. The maximum Gasteiger partial charge on any atom is 0.352 e. The van der Waals surface area contributed by atoms with Crippen LogP contribution in [0.4, 0.5) is 5.95 Å². The monoisotopic (exact) mass is 288 g/mol. The first-order valence-corrected chi connectivity index (χ1v) is 6.09. The molecule has 1 aromatic carbocycles. The number of aromatic hydroxyl groups is 1. The third-order valence-electron chi connectivity index (χ3n) is 3.21. The lowest BCUT2D eigenvalue weighted by molar-refractivity contribution is -0.132. The van der Waals surface area contributed by atoms with Gasteiger partial charge in [-0.1, -0.05) is 12.1 Å². The topological polar surface area (TPSA) is 110 Å². The summed E-state index contributed by atoms with van der Waals surface area (Å²) in [7, 11) is 1.45. The van der Waals surface area contributed by atoms with Crippen molar-refractivity contribution < 1.29 is 19.7 Å². The molecule has 0 fully saturated rings. The molecule has 1 aliphatic heterocycles. The van der Waals surface area contributed by atoms with Crippen molar-refractivity contribution in [3.63, 3.8) is 0 Å². The lowest BCUT2D eigenvalue weighted by Crippen LogP contribution is -2.24. The van der Waals surface area contributed by atoms with Crippen molar-refractivity contribution >= 4 is 11.9 Å². The molecule has 8 nitrogen and oxygen atoms in total. The second-order valence-corrected chi connectivity index (χ2v) is 4.38. The number of allylic oxidation sites excluding steroid dienone is 1. The Kier molecular flexibility index (Phi) is 2.98. The highest BCUT2D eigenvalue weighted by molar-refractivity contribution is 5.90. The first-order chi connectivity index (χ1) is 10.1. The number of benzene rings is 1. The molecule has 1 aromatic heterocycles. The lowest BCUT2D eigenvalue weighted by atomic mass is 10.0. The summed E-state index contributed by atoms with van der Waals surface area (Å²) in [6.45, 7) is 0. The molecule has 0 spiro atoms. The highest BCUT2D eigenvalue weighted by Crippen LogP contribution is 2.38. The number of nitrogens with zero attached hydrogens (tertiary/aromatic N) is 3. The van der Waals surface area contributed by atoms with Gasteiger partial charge in [0.1, 0.15) is 18.1 Å². The van der Waals surface area contributed by atoms with Crippen LogP contribution >= 0.6 is 0 Å². The van der Waals surface area contributed by atoms with Gasteiger partial charge in [-0.15, -0.1) is 0 Å². The maximum atomic E-state index is 11.2. The molecular formula is C13H12N4O4. The van der Waals surface area contributed by atoms with Crippen molar-refractivity contribution in [3.05, 3.63) is 41.9 Å². The zero-order chi connectivity index (χ0) is 15.0. The fraction of sp³-hybridized carbons (Fsp3) is 0.154. The van der Waals surface area contributed by atoms with Gasteiger partial charge >= 0.3 is 5.97 Å². The van der Waals surface area contributed by atoms with Gasteiger partial charge in [0.2, 0.25) is 5.95 Å². The quantitative estimate of drug-likeness (QED) is 0.772. The number of hydrogen-bond donors (Lipinski definition) is 3. The summed E-state index contributed by atoms with van der Waals surface area (Å²) in [5, 5.41) is 26.1. The number of nitrogens with one attached hydrogen (secondary N) is 1. The molecule has 2 heterocycles. The summed E-state index contributed by atoms with van der Waals surface area (Å²) >= 11 is 0. The van der Waals surface area contributed by atoms with Crippen molar-refractivity contribution in [3.8, 4) is 11.5 Å². The van der Waals surface area contributed by atoms with Gasteiger partial charge in [-0.3, -0.25) is 0 Å². The Bertz CT molecular complexity index is 738. The Morgan fingerprint density at radius 1 is 1.48 bits per heavy atom. The maximum absolute atomic E-state index is 11.2. The normalized spacial score (nSPS) is 16.6. The molecule has 0 bridgehead atoms. The van der Waals surface area contributed by atoms with Gasteiger partial charge in [0.05, 0.1) is 7.11 Å². The van der Waals surface area contributed by atoms with E-state index in [2.05, 4.69) is 15.4 Å². The SMILES string of the molecule is COc1cccc([C@@H]2C=C(C(=O)O)Nc3ncnn32)c1O. The zero-order valence-electron chi connectivity index (χ0n) is 11.0. The summed E-state index contributed by atoms with van der Waals surface area (Å²) in [4.78, 5) is 15.2. The fourth-order valence-corrected chi connectivity index (χ4v) is 2.22. The Hall–Kier alpha value is -3.03. The van der Waals surface area contributed by atoms with Crippen LogP contribution in [-0.2, 0) is 4.79 Å². The van der Waals surface area contributed by atoms with Gasteiger partial charge in [-0.05, 0) is 12.1 Å². The molecule has 0 amide bonds.